The summed E-state index contributed by atoms with van der Waals surface area (Å²) in [7, 11) is 0. The molecule has 0 heterocycles. The zero-order valence-electron chi connectivity index (χ0n) is 10.2. The molecular weight excluding hydrogens is 238 g/mol. The molecule has 0 saturated carbocycles. The van der Waals surface area contributed by atoms with Crippen LogP contribution in [0.1, 0.15) is 24.2 Å². The van der Waals surface area contributed by atoms with Crippen molar-refractivity contribution < 1.29 is 19.6 Å². The molecule has 1 rings (SSSR count). The number of benzene rings is 1. The lowest BCUT2D eigenvalue weighted by atomic mass is 10.1. The molecular formula is C12H15NO5. The van der Waals surface area contributed by atoms with E-state index in [0.717, 1.165) is 6.07 Å². The van der Waals surface area contributed by atoms with E-state index < -0.39 is 11.0 Å². The number of carbonyl (C=O) groups excluding carboxylic acids is 1. The highest BCUT2D eigenvalue weighted by Crippen LogP contribution is 2.27. The Morgan fingerprint density at radius 1 is 1.50 bits per heavy atom. The number of rotatable bonds is 6. The van der Waals surface area contributed by atoms with Gasteiger partial charge in [-0.15, -0.1) is 0 Å². The van der Waals surface area contributed by atoms with Crippen LogP contribution in [0.2, 0.25) is 0 Å². The number of ether oxygens (including phenoxy) is 1. The van der Waals surface area contributed by atoms with Crippen molar-refractivity contribution in [1.29, 1.82) is 0 Å². The summed E-state index contributed by atoms with van der Waals surface area (Å²) in [6.07, 6.45) is -0.171. The molecule has 0 aliphatic heterocycles. The lowest BCUT2D eigenvalue weighted by Crippen LogP contribution is -2.23. The minimum absolute atomic E-state index is 0.00157. The summed E-state index contributed by atoms with van der Waals surface area (Å²) in [6.45, 7) is 3.61. The van der Waals surface area contributed by atoms with Crippen LogP contribution < -0.4 is 4.74 Å². The smallest absolute Gasteiger partial charge is 0.311 e. The van der Waals surface area contributed by atoms with Crippen LogP contribution in [0, 0.1) is 16.0 Å². The molecule has 0 amide bonds. The second-order valence-corrected chi connectivity index (χ2v) is 4.22. The Balaban J connectivity index is 2.88. The van der Waals surface area contributed by atoms with Crippen LogP contribution in [0.3, 0.4) is 0 Å². The predicted octanol–water partition coefficient (Wildman–Crippen LogP) is 1.80. The fraction of sp³-hybridized carbons (Fsp3) is 0.417. The van der Waals surface area contributed by atoms with Gasteiger partial charge in [0.1, 0.15) is 12.9 Å². The lowest BCUT2D eigenvalue weighted by Gasteiger charge is -2.15. The number of nitro benzene ring substituents is 1. The van der Waals surface area contributed by atoms with Crippen molar-refractivity contribution in [3.63, 3.8) is 0 Å². The van der Waals surface area contributed by atoms with Gasteiger partial charge in [0, 0.05) is 11.6 Å². The van der Waals surface area contributed by atoms with Crippen molar-refractivity contribution in [2.45, 2.75) is 20.0 Å². The number of hydrogen-bond acceptors (Lipinski definition) is 5. The van der Waals surface area contributed by atoms with Crippen LogP contribution in [0.25, 0.3) is 0 Å². The topological polar surface area (TPSA) is 89.7 Å². The van der Waals surface area contributed by atoms with E-state index in [1.807, 2.05) is 13.8 Å². The van der Waals surface area contributed by atoms with Gasteiger partial charge in [-0.2, -0.15) is 0 Å². The van der Waals surface area contributed by atoms with Gasteiger partial charge in [-0.05, 0) is 18.1 Å². The largest absolute Gasteiger partial charge is 0.484 e. The van der Waals surface area contributed by atoms with Crippen molar-refractivity contribution in [3.8, 4) is 5.75 Å². The van der Waals surface area contributed by atoms with Crippen molar-refractivity contribution in [1.82, 2.24) is 0 Å². The van der Waals surface area contributed by atoms with Crippen LogP contribution in [0.4, 0.5) is 5.69 Å². The van der Waals surface area contributed by atoms with E-state index in [2.05, 4.69) is 0 Å². The summed E-state index contributed by atoms with van der Waals surface area (Å²) in [5.41, 5.74) is -0.0750. The molecule has 0 saturated heterocycles. The van der Waals surface area contributed by atoms with Crippen LogP contribution in [-0.2, 0) is 0 Å². The molecule has 1 aromatic rings. The molecule has 6 nitrogen and oxygen atoms in total. The third-order valence-electron chi connectivity index (χ3n) is 2.49. The first-order valence-corrected chi connectivity index (χ1v) is 5.50. The minimum Gasteiger partial charge on any atom is -0.484 e. The number of nitrogens with zero attached hydrogens (tertiary/aromatic N) is 1. The molecule has 6 heteroatoms. The first kappa shape index (κ1) is 14.1. The number of hydrogen-bond donors (Lipinski definition) is 1. The zero-order valence-corrected chi connectivity index (χ0v) is 10.2. The first-order chi connectivity index (χ1) is 8.45. The van der Waals surface area contributed by atoms with Gasteiger partial charge in [-0.3, -0.25) is 14.9 Å². The maximum absolute atomic E-state index is 10.8. The Kier molecular flexibility index (Phi) is 4.79. The van der Waals surface area contributed by atoms with Crippen LogP contribution >= 0.6 is 0 Å². The molecule has 0 fully saturated rings. The average Bonchev–Trinajstić information content (AvgIpc) is 2.35. The predicted molar refractivity (Wildman–Crippen MR) is 64.8 cm³/mol. The first-order valence-electron chi connectivity index (χ1n) is 5.50. The van der Waals surface area contributed by atoms with Crippen LogP contribution in [0.15, 0.2) is 18.2 Å². The third-order valence-corrected chi connectivity index (χ3v) is 2.49. The van der Waals surface area contributed by atoms with E-state index in [1.54, 1.807) is 0 Å². The number of aldehydes is 1. The van der Waals surface area contributed by atoms with Gasteiger partial charge < -0.3 is 9.84 Å². The van der Waals surface area contributed by atoms with Gasteiger partial charge >= 0.3 is 5.69 Å². The summed E-state index contributed by atoms with van der Waals surface area (Å²) >= 11 is 0. The van der Waals surface area contributed by atoms with E-state index >= 15 is 0 Å². The molecule has 1 atom stereocenters. The number of aliphatic hydroxyl groups excluding tert-OH is 1. The van der Waals surface area contributed by atoms with Crippen molar-refractivity contribution >= 4 is 12.0 Å². The molecule has 0 radical (unpaired) electrons. The molecule has 0 spiro atoms. The van der Waals surface area contributed by atoms with E-state index in [0.29, 0.717) is 6.29 Å². The van der Waals surface area contributed by atoms with E-state index in [4.69, 9.17) is 4.74 Å². The molecule has 18 heavy (non-hydrogen) atoms. The zero-order chi connectivity index (χ0) is 13.7. The normalized spacial score (nSPS) is 12.2. The van der Waals surface area contributed by atoms with Gasteiger partial charge in [0.15, 0.2) is 5.75 Å². The van der Waals surface area contributed by atoms with Crippen molar-refractivity contribution in [2.75, 3.05) is 6.61 Å². The molecule has 98 valence electrons. The maximum atomic E-state index is 10.8. The molecule has 1 N–H and O–H groups in total. The summed E-state index contributed by atoms with van der Waals surface area (Å²) in [5.74, 6) is 0.0450. The van der Waals surface area contributed by atoms with Gasteiger partial charge in [0.2, 0.25) is 0 Å². The van der Waals surface area contributed by atoms with E-state index in [1.165, 1.54) is 12.1 Å². The summed E-state index contributed by atoms with van der Waals surface area (Å²) < 4.78 is 5.21. The lowest BCUT2D eigenvalue weighted by molar-refractivity contribution is -0.386. The SMILES string of the molecule is CC(C)C(O)COc1ccc(C=O)cc1[N+](=O)[O-]. The molecule has 1 unspecified atom stereocenters. The Labute approximate surface area is 104 Å². The molecule has 1 aromatic carbocycles. The highest BCUT2D eigenvalue weighted by molar-refractivity contribution is 5.77. The maximum Gasteiger partial charge on any atom is 0.311 e. The van der Waals surface area contributed by atoms with Gasteiger partial charge in [0.05, 0.1) is 11.0 Å². The molecule has 0 aliphatic rings. The second-order valence-electron chi connectivity index (χ2n) is 4.22. The average molecular weight is 253 g/mol. The van der Waals surface area contributed by atoms with Crippen molar-refractivity contribution in [3.05, 3.63) is 33.9 Å². The second kappa shape index (κ2) is 6.11. The van der Waals surface area contributed by atoms with E-state index in [-0.39, 0.29) is 29.5 Å². The minimum atomic E-state index is -0.699. The van der Waals surface area contributed by atoms with Crippen LogP contribution in [-0.4, -0.2) is 29.0 Å². The highest BCUT2D eigenvalue weighted by atomic mass is 16.6. The number of carbonyl (C=O) groups is 1. The molecule has 0 bridgehead atoms. The molecule has 0 aliphatic carbocycles. The van der Waals surface area contributed by atoms with E-state index in [9.17, 15) is 20.0 Å². The number of nitro groups is 1. The fourth-order valence-electron chi connectivity index (χ4n) is 1.24. The number of aliphatic hydroxyl groups is 1. The van der Waals surface area contributed by atoms with Gasteiger partial charge in [-0.1, -0.05) is 13.8 Å². The Bertz CT molecular complexity index is 444. The Morgan fingerprint density at radius 3 is 2.67 bits per heavy atom. The van der Waals surface area contributed by atoms with Crippen molar-refractivity contribution in [2.24, 2.45) is 5.92 Å². The Hall–Kier alpha value is -1.95. The third kappa shape index (κ3) is 3.53. The standard InChI is InChI=1S/C12H15NO5/c1-8(2)11(15)7-18-12-4-3-9(6-14)5-10(12)13(16)17/h3-6,8,11,15H,7H2,1-2H3. The molecule has 0 aromatic heterocycles. The fourth-order valence-corrected chi connectivity index (χ4v) is 1.24. The Morgan fingerprint density at radius 2 is 2.17 bits per heavy atom. The summed E-state index contributed by atoms with van der Waals surface area (Å²) in [5, 5.41) is 20.4. The summed E-state index contributed by atoms with van der Waals surface area (Å²) in [6, 6.07) is 3.93. The van der Waals surface area contributed by atoms with Gasteiger partial charge in [-0.25, -0.2) is 0 Å². The quantitative estimate of drug-likeness (QED) is 0.474. The highest BCUT2D eigenvalue weighted by Gasteiger charge is 2.18. The van der Waals surface area contributed by atoms with Crippen LogP contribution in [0.5, 0.6) is 5.75 Å². The van der Waals surface area contributed by atoms with Gasteiger partial charge in [0.25, 0.3) is 0 Å². The monoisotopic (exact) mass is 253 g/mol. The summed E-state index contributed by atoms with van der Waals surface area (Å²) in [4.78, 5) is 20.7.